The lowest BCUT2D eigenvalue weighted by Gasteiger charge is -2.18. The van der Waals surface area contributed by atoms with Gasteiger partial charge in [-0.2, -0.15) is 0 Å². The normalized spacial score (nSPS) is 20.8. The molecule has 1 fully saturated rings. The Morgan fingerprint density at radius 3 is 2.38 bits per heavy atom. The molecule has 16 heavy (non-hydrogen) atoms. The van der Waals surface area contributed by atoms with E-state index in [9.17, 15) is 0 Å². The van der Waals surface area contributed by atoms with Gasteiger partial charge in [-0.1, -0.05) is 43.6 Å². The lowest BCUT2D eigenvalue weighted by molar-refractivity contribution is 0.507. The third-order valence-electron chi connectivity index (χ3n) is 3.46. The van der Waals surface area contributed by atoms with E-state index in [1.165, 1.54) is 22.6 Å². The fourth-order valence-electron chi connectivity index (χ4n) is 2.02. The standard InChI is InChI=1S/C14H21BrS/c1-9(10-5-6-10)13(15)11-7-8-12(16-11)14(2,3)4/h7-10,13H,5-6H2,1-4H3. The second-order valence-corrected chi connectivity index (χ2v) is 8.15. The maximum Gasteiger partial charge on any atom is 0.0517 e. The monoisotopic (exact) mass is 300 g/mol. The van der Waals surface area contributed by atoms with Crippen LogP contribution in [0.3, 0.4) is 0 Å². The molecule has 0 radical (unpaired) electrons. The Labute approximate surface area is 112 Å². The van der Waals surface area contributed by atoms with E-state index in [0.717, 1.165) is 11.8 Å². The number of halogens is 1. The van der Waals surface area contributed by atoms with Crippen molar-refractivity contribution < 1.29 is 0 Å². The SMILES string of the molecule is CC(C1CC1)C(Br)c1ccc(C(C)(C)C)s1. The maximum absolute atomic E-state index is 3.88. The fourth-order valence-corrected chi connectivity index (χ4v) is 4.05. The first-order valence-corrected chi connectivity index (χ1v) is 7.87. The molecule has 0 amide bonds. The molecule has 1 aliphatic carbocycles. The van der Waals surface area contributed by atoms with E-state index in [4.69, 9.17) is 0 Å². The molecule has 90 valence electrons. The van der Waals surface area contributed by atoms with Crippen LogP contribution in [0, 0.1) is 11.8 Å². The first-order valence-electron chi connectivity index (χ1n) is 6.14. The smallest absolute Gasteiger partial charge is 0.0517 e. The first-order chi connectivity index (χ1) is 7.39. The first kappa shape index (κ1) is 12.6. The van der Waals surface area contributed by atoms with Gasteiger partial charge in [-0.3, -0.25) is 0 Å². The molecular weight excluding hydrogens is 280 g/mol. The number of hydrogen-bond donors (Lipinski definition) is 0. The number of alkyl halides is 1. The molecule has 0 nitrogen and oxygen atoms in total. The fraction of sp³-hybridized carbons (Fsp3) is 0.714. The molecule has 0 aliphatic heterocycles. The molecule has 2 rings (SSSR count). The second kappa shape index (κ2) is 4.45. The van der Waals surface area contributed by atoms with Crippen molar-refractivity contribution in [3.63, 3.8) is 0 Å². The molecule has 0 aromatic carbocycles. The topological polar surface area (TPSA) is 0 Å². The Kier molecular flexibility index (Phi) is 3.52. The minimum Gasteiger partial charge on any atom is -0.144 e. The van der Waals surface area contributed by atoms with E-state index >= 15 is 0 Å². The van der Waals surface area contributed by atoms with Crippen molar-refractivity contribution in [1.82, 2.24) is 0 Å². The van der Waals surface area contributed by atoms with Gasteiger partial charge < -0.3 is 0 Å². The van der Waals surface area contributed by atoms with Crippen LogP contribution in [-0.2, 0) is 5.41 Å². The zero-order valence-corrected chi connectivity index (χ0v) is 13.0. The van der Waals surface area contributed by atoms with Gasteiger partial charge >= 0.3 is 0 Å². The van der Waals surface area contributed by atoms with Gasteiger partial charge in [-0.15, -0.1) is 11.3 Å². The third kappa shape index (κ3) is 2.70. The van der Waals surface area contributed by atoms with Gasteiger partial charge in [-0.25, -0.2) is 0 Å². The highest BCUT2D eigenvalue weighted by Gasteiger charge is 2.33. The summed E-state index contributed by atoms with van der Waals surface area (Å²) in [7, 11) is 0. The summed E-state index contributed by atoms with van der Waals surface area (Å²) in [6, 6.07) is 4.61. The van der Waals surface area contributed by atoms with Crippen molar-refractivity contribution in [3.05, 3.63) is 21.9 Å². The third-order valence-corrected chi connectivity index (χ3v) is 6.69. The summed E-state index contributed by atoms with van der Waals surface area (Å²) in [5.41, 5.74) is 0.290. The average Bonchev–Trinajstić information content (AvgIpc) is 2.91. The Morgan fingerprint density at radius 1 is 1.31 bits per heavy atom. The van der Waals surface area contributed by atoms with E-state index in [-0.39, 0.29) is 0 Å². The van der Waals surface area contributed by atoms with Crippen LogP contribution < -0.4 is 0 Å². The number of rotatable bonds is 3. The van der Waals surface area contributed by atoms with Gasteiger partial charge in [-0.05, 0) is 42.2 Å². The second-order valence-electron chi connectivity index (χ2n) is 6.05. The van der Waals surface area contributed by atoms with E-state index in [1.54, 1.807) is 0 Å². The van der Waals surface area contributed by atoms with E-state index in [1.807, 2.05) is 11.3 Å². The van der Waals surface area contributed by atoms with Crippen molar-refractivity contribution in [2.45, 2.75) is 50.8 Å². The summed E-state index contributed by atoms with van der Waals surface area (Å²) in [6.45, 7) is 9.25. The molecule has 1 aromatic heterocycles. The Hall–Kier alpha value is 0.180. The van der Waals surface area contributed by atoms with Crippen molar-refractivity contribution in [1.29, 1.82) is 0 Å². The van der Waals surface area contributed by atoms with Crippen LogP contribution in [0.15, 0.2) is 12.1 Å². The van der Waals surface area contributed by atoms with Gasteiger partial charge in [0.15, 0.2) is 0 Å². The average molecular weight is 301 g/mol. The van der Waals surface area contributed by atoms with Crippen LogP contribution in [0.4, 0.5) is 0 Å². The minimum absolute atomic E-state index is 0.290. The van der Waals surface area contributed by atoms with Gasteiger partial charge in [0, 0.05) is 9.75 Å². The van der Waals surface area contributed by atoms with Crippen molar-refractivity contribution in [2.24, 2.45) is 11.8 Å². The summed E-state index contributed by atoms with van der Waals surface area (Å²) < 4.78 is 0. The van der Waals surface area contributed by atoms with Gasteiger partial charge in [0.05, 0.1) is 4.83 Å². The number of thiophene rings is 1. The Balaban J connectivity index is 2.11. The molecule has 2 unspecified atom stereocenters. The Bertz CT molecular complexity index is 357. The largest absolute Gasteiger partial charge is 0.144 e. The van der Waals surface area contributed by atoms with Crippen molar-refractivity contribution in [3.8, 4) is 0 Å². The van der Waals surface area contributed by atoms with Crippen LogP contribution in [0.5, 0.6) is 0 Å². The zero-order valence-electron chi connectivity index (χ0n) is 10.6. The van der Waals surface area contributed by atoms with Crippen LogP contribution >= 0.6 is 27.3 Å². The molecule has 0 saturated heterocycles. The van der Waals surface area contributed by atoms with Gasteiger partial charge in [0.2, 0.25) is 0 Å². The molecule has 0 N–H and O–H groups in total. The molecular formula is C14H21BrS. The Morgan fingerprint density at radius 2 is 1.94 bits per heavy atom. The molecule has 0 spiro atoms. The molecule has 0 bridgehead atoms. The van der Waals surface area contributed by atoms with Crippen LogP contribution in [0.2, 0.25) is 0 Å². The molecule has 1 heterocycles. The molecule has 1 aromatic rings. The predicted octanol–water partition coefficient (Wildman–Crippen LogP) is 5.53. The maximum atomic E-state index is 3.88. The molecule has 2 atom stereocenters. The predicted molar refractivity (Wildman–Crippen MR) is 76.6 cm³/mol. The summed E-state index contributed by atoms with van der Waals surface area (Å²) in [4.78, 5) is 3.56. The highest BCUT2D eigenvalue weighted by Crippen LogP contribution is 2.48. The molecule has 1 aliphatic rings. The van der Waals surface area contributed by atoms with E-state index in [0.29, 0.717) is 10.2 Å². The van der Waals surface area contributed by atoms with Gasteiger partial charge in [0.25, 0.3) is 0 Å². The summed E-state index contributed by atoms with van der Waals surface area (Å²) in [5, 5.41) is 0. The lowest BCUT2D eigenvalue weighted by Crippen LogP contribution is -2.08. The molecule has 1 saturated carbocycles. The summed E-state index contributed by atoms with van der Waals surface area (Å²) in [6.07, 6.45) is 2.86. The van der Waals surface area contributed by atoms with Crippen molar-refractivity contribution in [2.75, 3.05) is 0 Å². The minimum atomic E-state index is 0.290. The van der Waals surface area contributed by atoms with Crippen molar-refractivity contribution >= 4 is 27.3 Å². The lowest BCUT2D eigenvalue weighted by atomic mass is 9.95. The van der Waals surface area contributed by atoms with Crippen LogP contribution in [0.1, 0.15) is 55.1 Å². The molecule has 2 heteroatoms. The zero-order chi connectivity index (χ0) is 11.9. The highest BCUT2D eigenvalue weighted by molar-refractivity contribution is 9.09. The highest BCUT2D eigenvalue weighted by atomic mass is 79.9. The quantitative estimate of drug-likeness (QED) is 0.644. The summed E-state index contributed by atoms with van der Waals surface area (Å²) >= 11 is 5.86. The van der Waals surface area contributed by atoms with Crippen LogP contribution in [0.25, 0.3) is 0 Å². The van der Waals surface area contributed by atoms with E-state index in [2.05, 4.69) is 55.8 Å². The van der Waals surface area contributed by atoms with Crippen LogP contribution in [-0.4, -0.2) is 0 Å². The van der Waals surface area contributed by atoms with Gasteiger partial charge in [0.1, 0.15) is 0 Å². The number of hydrogen-bond acceptors (Lipinski definition) is 1. The summed E-state index contributed by atoms with van der Waals surface area (Å²) in [5.74, 6) is 1.75. The van der Waals surface area contributed by atoms with E-state index < -0.39 is 0 Å².